The van der Waals surface area contributed by atoms with E-state index in [1.165, 1.54) is 11.5 Å². The predicted octanol–water partition coefficient (Wildman–Crippen LogP) is 1.82. The average Bonchev–Trinajstić information content (AvgIpc) is 2.07. The highest BCUT2D eigenvalue weighted by Gasteiger charge is 2.18. The molecule has 0 aromatic heterocycles. The van der Waals surface area contributed by atoms with Crippen molar-refractivity contribution in [3.8, 4) is 0 Å². The van der Waals surface area contributed by atoms with Gasteiger partial charge in [0.1, 0.15) is 0 Å². The van der Waals surface area contributed by atoms with Gasteiger partial charge in [0.2, 0.25) is 0 Å². The fourth-order valence-corrected chi connectivity index (χ4v) is 7.15. The van der Waals surface area contributed by atoms with Crippen molar-refractivity contribution >= 4 is 18.8 Å². The lowest BCUT2D eigenvalue weighted by Crippen LogP contribution is -2.25. The third-order valence-electron chi connectivity index (χ3n) is 1.73. The van der Waals surface area contributed by atoms with Gasteiger partial charge < -0.3 is 8.85 Å². The van der Waals surface area contributed by atoms with Crippen LogP contribution in [0.3, 0.4) is 0 Å². The van der Waals surface area contributed by atoms with E-state index in [1.54, 1.807) is 0 Å². The van der Waals surface area contributed by atoms with Crippen molar-refractivity contribution in [2.45, 2.75) is 27.7 Å². The summed E-state index contributed by atoms with van der Waals surface area (Å²) in [6.07, 6.45) is 0. The highest BCUT2D eigenvalue weighted by molar-refractivity contribution is 8.38. The Bertz CT molecular complexity index is 93.1. The molecule has 0 saturated carbocycles. The van der Waals surface area contributed by atoms with Crippen LogP contribution in [0.1, 0.15) is 27.7 Å². The first-order valence-electron chi connectivity index (χ1n) is 4.77. The van der Waals surface area contributed by atoms with Crippen molar-refractivity contribution < 1.29 is 8.85 Å². The molecule has 0 N–H and O–H groups in total. The average molecular weight is 210 g/mol. The van der Waals surface area contributed by atoms with Crippen LogP contribution in [0.25, 0.3) is 0 Å². The van der Waals surface area contributed by atoms with Gasteiger partial charge in [-0.15, -0.1) is 0 Å². The molecule has 12 heavy (non-hydrogen) atoms. The largest absolute Gasteiger partial charge is 0.390 e. The van der Waals surface area contributed by atoms with Crippen LogP contribution in [0.2, 0.25) is 0 Å². The van der Waals surface area contributed by atoms with Gasteiger partial charge in [-0.3, -0.25) is 0 Å². The van der Waals surface area contributed by atoms with Gasteiger partial charge in [-0.05, 0) is 25.4 Å². The molecule has 0 spiro atoms. The van der Waals surface area contributed by atoms with Crippen molar-refractivity contribution in [1.29, 1.82) is 0 Å². The molecule has 0 radical (unpaired) electrons. The highest BCUT2D eigenvalue weighted by atomic mass is 32.4. The maximum atomic E-state index is 5.67. The Labute approximate surface area is 80.5 Å². The van der Waals surface area contributed by atoms with E-state index in [0.29, 0.717) is 0 Å². The lowest BCUT2D eigenvalue weighted by molar-refractivity contribution is 0.233. The van der Waals surface area contributed by atoms with E-state index >= 15 is 0 Å². The summed E-state index contributed by atoms with van der Waals surface area (Å²) in [6.45, 7) is 10.2. The molecule has 0 fully saturated rings. The van der Waals surface area contributed by atoms with E-state index in [9.17, 15) is 0 Å². The van der Waals surface area contributed by atoms with E-state index in [4.69, 9.17) is 8.85 Å². The van der Waals surface area contributed by atoms with E-state index in [1.807, 2.05) is 0 Å². The van der Waals surface area contributed by atoms with Gasteiger partial charge in [0, 0.05) is 13.2 Å². The summed E-state index contributed by atoms with van der Waals surface area (Å²) in [5.41, 5.74) is 0. The van der Waals surface area contributed by atoms with Crippen molar-refractivity contribution in [2.24, 2.45) is 0 Å². The second-order valence-corrected chi connectivity index (χ2v) is 9.62. The Morgan fingerprint density at radius 3 is 1.58 bits per heavy atom. The minimum atomic E-state index is -1.28. The molecule has 0 aliphatic rings. The van der Waals surface area contributed by atoms with E-state index in [0.717, 1.165) is 13.2 Å². The molecule has 0 unspecified atom stereocenters. The number of hydrogen-bond donors (Lipinski definition) is 1. The zero-order chi connectivity index (χ0) is 9.40. The van der Waals surface area contributed by atoms with Crippen LogP contribution >= 0.6 is 10.3 Å². The van der Waals surface area contributed by atoms with Crippen LogP contribution < -0.4 is 0 Å². The molecule has 0 saturated heterocycles. The Kier molecular flexibility index (Phi) is 8.43. The number of thiol groups is 1. The summed E-state index contributed by atoms with van der Waals surface area (Å²) in [6, 6.07) is 0. The van der Waals surface area contributed by atoms with E-state index in [2.05, 4.69) is 27.7 Å². The Morgan fingerprint density at radius 2 is 1.33 bits per heavy atom. The zero-order valence-electron chi connectivity index (χ0n) is 8.67. The topological polar surface area (TPSA) is 18.5 Å². The summed E-state index contributed by atoms with van der Waals surface area (Å²) in [4.78, 5) is 0. The molecule has 0 bridgehead atoms. The van der Waals surface area contributed by atoms with Gasteiger partial charge in [-0.25, -0.2) is 10.3 Å². The molecule has 0 aliphatic carbocycles. The maximum absolute atomic E-state index is 5.67. The van der Waals surface area contributed by atoms with Crippen LogP contribution in [0.4, 0.5) is 0 Å². The summed E-state index contributed by atoms with van der Waals surface area (Å²) in [5.74, 6) is 2.51. The maximum Gasteiger partial charge on any atom is 0.370 e. The van der Waals surface area contributed by atoms with Gasteiger partial charge in [-0.1, -0.05) is 13.8 Å². The third kappa shape index (κ3) is 4.50. The molecule has 76 valence electrons. The quantitative estimate of drug-likeness (QED) is 0.510. The second kappa shape index (κ2) is 8.10. The van der Waals surface area contributed by atoms with Crippen molar-refractivity contribution in [3.63, 3.8) is 0 Å². The molecule has 0 atom stereocenters. The Hall–Kier alpha value is 0.487. The molecule has 0 aliphatic heterocycles. The molecule has 4 heteroatoms. The summed E-state index contributed by atoms with van der Waals surface area (Å²) < 4.78 is 11.3. The van der Waals surface area contributed by atoms with Crippen molar-refractivity contribution in [2.75, 3.05) is 24.7 Å². The normalized spacial score (nSPS) is 12.2. The Balaban J connectivity index is 3.86. The van der Waals surface area contributed by atoms with Crippen LogP contribution in [0.5, 0.6) is 0 Å². The molecule has 0 heterocycles. The lowest BCUT2D eigenvalue weighted by atomic mass is 10.9. The van der Waals surface area contributed by atoms with Crippen molar-refractivity contribution in [1.82, 2.24) is 0 Å². The van der Waals surface area contributed by atoms with E-state index < -0.39 is 8.43 Å². The summed E-state index contributed by atoms with van der Waals surface area (Å²) >= 11 is 0. The van der Waals surface area contributed by atoms with Gasteiger partial charge in [0.05, 0.1) is 0 Å². The molecule has 0 amide bonds. The van der Waals surface area contributed by atoms with Gasteiger partial charge >= 0.3 is 8.43 Å². The molecular formula is C8H22O2SSi. The molecule has 2 nitrogen and oxygen atoms in total. The molecule has 0 aromatic rings. The third-order valence-corrected chi connectivity index (χ3v) is 10.1. The summed E-state index contributed by atoms with van der Waals surface area (Å²) in [7, 11) is -1.22. The minimum absolute atomic E-state index is 0.0630. The second-order valence-electron chi connectivity index (χ2n) is 2.44. The van der Waals surface area contributed by atoms with Crippen LogP contribution in [0, 0.1) is 0 Å². The first kappa shape index (κ1) is 12.5. The molecule has 0 rings (SSSR count). The first-order valence-corrected chi connectivity index (χ1v) is 9.04. The standard InChI is InChI=1S/C8H22O2SSi/c1-5-9-12(10-6-2)11(7-3)8-4/h11-12H,5-8H2,1-4H3. The van der Waals surface area contributed by atoms with Crippen LogP contribution in [-0.2, 0) is 8.85 Å². The fourth-order valence-electron chi connectivity index (χ4n) is 1.07. The van der Waals surface area contributed by atoms with E-state index in [-0.39, 0.29) is 10.3 Å². The first-order chi connectivity index (χ1) is 5.79. The van der Waals surface area contributed by atoms with Gasteiger partial charge in [0.15, 0.2) is 0 Å². The number of rotatable bonds is 7. The monoisotopic (exact) mass is 210 g/mol. The smallest absolute Gasteiger partial charge is 0.370 e. The summed E-state index contributed by atoms with van der Waals surface area (Å²) in [5, 5.41) is 0. The fraction of sp³-hybridized carbons (Fsp3) is 1.00. The zero-order valence-corrected chi connectivity index (χ0v) is 10.7. The minimum Gasteiger partial charge on any atom is -0.390 e. The highest BCUT2D eigenvalue weighted by Crippen LogP contribution is 2.28. The molecule has 0 aromatic carbocycles. The van der Waals surface area contributed by atoms with Gasteiger partial charge in [-0.2, -0.15) is 0 Å². The van der Waals surface area contributed by atoms with Crippen LogP contribution in [0.15, 0.2) is 0 Å². The molecular weight excluding hydrogens is 188 g/mol. The lowest BCUT2D eigenvalue weighted by Gasteiger charge is -2.25. The van der Waals surface area contributed by atoms with Gasteiger partial charge in [0.25, 0.3) is 0 Å². The van der Waals surface area contributed by atoms with Crippen LogP contribution in [-0.4, -0.2) is 33.2 Å². The van der Waals surface area contributed by atoms with Crippen molar-refractivity contribution in [3.05, 3.63) is 0 Å². The SMILES string of the molecule is CCO[SiH](OCC)[SH](CC)CC. The number of hydrogen-bond acceptors (Lipinski definition) is 2. The predicted molar refractivity (Wildman–Crippen MR) is 60.5 cm³/mol. The Morgan fingerprint density at radius 1 is 0.917 bits per heavy atom.